The number of rotatable bonds is 8. The van der Waals surface area contributed by atoms with Gasteiger partial charge in [0.15, 0.2) is 13.7 Å². The van der Waals surface area contributed by atoms with E-state index in [-0.39, 0.29) is 0 Å². The Labute approximate surface area is 134 Å². The minimum absolute atomic E-state index is 0.441. The normalized spacial score (nSPS) is 16.6. The predicted molar refractivity (Wildman–Crippen MR) is 87.8 cm³/mol. The molecule has 1 aromatic carbocycles. The average molecular weight is 303 g/mol. The van der Waals surface area contributed by atoms with Crippen LogP contribution in [0.4, 0.5) is 0 Å². The summed E-state index contributed by atoms with van der Waals surface area (Å²) in [6, 6.07) is 8.12. The molecule has 1 aromatic rings. The molecule has 0 saturated heterocycles. The first kappa shape index (κ1) is 17.3. The number of aliphatic hydroxyl groups is 2. The molecule has 2 rings (SSSR count). The second kappa shape index (κ2) is 8.56. The van der Waals surface area contributed by atoms with Gasteiger partial charge in [-0.3, -0.25) is 5.32 Å². The van der Waals surface area contributed by atoms with Crippen LogP contribution in [-0.2, 0) is 6.42 Å². The lowest BCUT2D eigenvalue weighted by Gasteiger charge is -2.21. The highest BCUT2D eigenvalue weighted by molar-refractivity contribution is 6.12. The van der Waals surface area contributed by atoms with Crippen LogP contribution in [0.3, 0.4) is 0 Å². The fraction of sp³-hybridized carbons (Fsp3) is 0.647. The molecule has 3 N–H and O–H groups in total. The number of nitrogens with one attached hydrogen (secondary N) is 1. The maximum absolute atomic E-state index is 8.95. The van der Waals surface area contributed by atoms with Crippen molar-refractivity contribution < 1.29 is 14.9 Å². The van der Waals surface area contributed by atoms with Gasteiger partial charge in [-0.1, -0.05) is 31.4 Å². The highest BCUT2D eigenvalue weighted by Gasteiger charge is 2.14. The lowest BCUT2D eigenvalue weighted by atomic mass is 9.90. The van der Waals surface area contributed by atoms with Crippen LogP contribution in [0.15, 0.2) is 24.3 Å². The van der Waals surface area contributed by atoms with Crippen LogP contribution in [0.5, 0.6) is 5.75 Å². The van der Waals surface area contributed by atoms with Crippen molar-refractivity contribution in [2.75, 3.05) is 13.2 Å². The second-order valence-corrected chi connectivity index (χ2v) is 6.22. The Hall–Kier alpha value is -1.04. The molecule has 2 radical (unpaired) electrons. The summed E-state index contributed by atoms with van der Waals surface area (Å²) in [6.45, 7) is 1.26. The molecule has 0 atom stereocenters. The van der Waals surface area contributed by atoms with Crippen molar-refractivity contribution in [3.8, 4) is 5.75 Å². The Bertz CT molecular complexity index is 442. The molecule has 0 unspecified atom stereocenters. The largest absolute Gasteiger partial charge is 0.493 e. The predicted octanol–water partition coefficient (Wildman–Crippen LogP) is 1.93. The molecule has 1 saturated carbocycles. The van der Waals surface area contributed by atoms with E-state index in [0.29, 0.717) is 12.5 Å². The summed E-state index contributed by atoms with van der Waals surface area (Å²) >= 11 is 0. The summed E-state index contributed by atoms with van der Waals surface area (Å²) in [4.78, 5) is 0. The Kier molecular flexibility index (Phi) is 6.74. The second-order valence-electron chi connectivity index (χ2n) is 6.22. The van der Waals surface area contributed by atoms with Gasteiger partial charge in [0.05, 0.1) is 6.61 Å². The van der Waals surface area contributed by atoms with Crippen LogP contribution in [0.25, 0.3) is 0 Å². The zero-order valence-electron chi connectivity index (χ0n) is 13.1. The van der Waals surface area contributed by atoms with Gasteiger partial charge in [-0.2, -0.15) is 0 Å². The van der Waals surface area contributed by atoms with Crippen LogP contribution in [-0.4, -0.2) is 37.0 Å². The molecule has 0 amide bonds. The van der Waals surface area contributed by atoms with E-state index < -0.39 is 5.81 Å². The summed E-state index contributed by atoms with van der Waals surface area (Å²) in [5.41, 5.74) is 1.18. The van der Waals surface area contributed by atoms with Gasteiger partial charge in [0.1, 0.15) is 5.75 Å². The summed E-state index contributed by atoms with van der Waals surface area (Å²) in [5, 5.41) is 20.3. The highest BCUT2D eigenvalue weighted by Crippen LogP contribution is 2.25. The SMILES string of the molecule is [B]C(O)(O)NCCCc1cccc(OCC2CCCCC2)c1. The molecule has 1 fully saturated rings. The van der Waals surface area contributed by atoms with Crippen LogP contribution in [0.1, 0.15) is 44.1 Å². The van der Waals surface area contributed by atoms with Crippen molar-refractivity contribution in [3.63, 3.8) is 0 Å². The van der Waals surface area contributed by atoms with Crippen LogP contribution in [0, 0.1) is 5.92 Å². The Balaban J connectivity index is 1.72. The van der Waals surface area contributed by atoms with Crippen LogP contribution in [0.2, 0.25) is 0 Å². The van der Waals surface area contributed by atoms with Gasteiger partial charge in [-0.15, -0.1) is 0 Å². The van der Waals surface area contributed by atoms with E-state index in [2.05, 4.69) is 17.4 Å². The van der Waals surface area contributed by atoms with Crippen LogP contribution < -0.4 is 10.1 Å². The van der Waals surface area contributed by atoms with Crippen molar-refractivity contribution in [1.82, 2.24) is 5.32 Å². The topological polar surface area (TPSA) is 61.7 Å². The standard InChI is InChI=1S/C17H26BNO3/c18-17(20,21)19-11-5-9-14-8-4-10-16(12-14)22-13-15-6-2-1-3-7-15/h4,8,10,12,15,19-21H,1-3,5-7,9,11,13H2. The maximum atomic E-state index is 8.95. The van der Waals surface area contributed by atoms with E-state index in [0.717, 1.165) is 25.2 Å². The molecule has 1 aliphatic carbocycles. The molecule has 0 heterocycles. The van der Waals surface area contributed by atoms with Gasteiger partial charge >= 0.3 is 0 Å². The molecule has 0 aromatic heterocycles. The van der Waals surface area contributed by atoms with Gasteiger partial charge in [0.25, 0.3) is 0 Å². The fourth-order valence-corrected chi connectivity index (χ4v) is 2.92. The first-order chi connectivity index (χ1) is 10.5. The summed E-state index contributed by atoms with van der Waals surface area (Å²) in [7, 11) is 5.03. The first-order valence-corrected chi connectivity index (χ1v) is 8.23. The third-order valence-electron chi connectivity index (χ3n) is 4.14. The average Bonchev–Trinajstić information content (AvgIpc) is 2.50. The van der Waals surface area contributed by atoms with E-state index in [1.807, 2.05) is 12.1 Å². The smallest absolute Gasteiger partial charge is 0.178 e. The number of hydrogen-bond donors (Lipinski definition) is 3. The van der Waals surface area contributed by atoms with Gasteiger partial charge in [-0.25, -0.2) is 0 Å². The minimum Gasteiger partial charge on any atom is -0.493 e. The molecular weight excluding hydrogens is 277 g/mol. The van der Waals surface area contributed by atoms with E-state index in [1.165, 1.54) is 37.7 Å². The summed E-state index contributed by atoms with van der Waals surface area (Å²) in [5.74, 6) is -0.660. The molecular formula is C17H26BNO3. The van der Waals surface area contributed by atoms with Crippen molar-refractivity contribution in [2.45, 2.75) is 50.8 Å². The Morgan fingerprint density at radius 2 is 2.00 bits per heavy atom. The minimum atomic E-state index is -2.29. The van der Waals surface area contributed by atoms with E-state index >= 15 is 0 Å². The maximum Gasteiger partial charge on any atom is 0.178 e. The zero-order valence-corrected chi connectivity index (χ0v) is 13.1. The lowest BCUT2D eigenvalue weighted by molar-refractivity contribution is -0.110. The Morgan fingerprint density at radius 1 is 1.23 bits per heavy atom. The number of ether oxygens (including phenoxy) is 1. The molecule has 4 nitrogen and oxygen atoms in total. The van der Waals surface area contributed by atoms with Crippen molar-refractivity contribution in [3.05, 3.63) is 29.8 Å². The monoisotopic (exact) mass is 303 g/mol. The number of aryl methyl sites for hydroxylation is 1. The van der Waals surface area contributed by atoms with E-state index in [9.17, 15) is 0 Å². The molecule has 120 valence electrons. The van der Waals surface area contributed by atoms with Crippen molar-refractivity contribution >= 4 is 7.85 Å². The van der Waals surface area contributed by atoms with Gasteiger partial charge in [-0.05, 0) is 55.8 Å². The van der Waals surface area contributed by atoms with E-state index in [4.69, 9.17) is 22.8 Å². The quantitative estimate of drug-likeness (QED) is 0.390. The zero-order chi connectivity index (χ0) is 15.8. The van der Waals surface area contributed by atoms with Crippen LogP contribution >= 0.6 is 0 Å². The van der Waals surface area contributed by atoms with Crippen molar-refractivity contribution in [2.24, 2.45) is 5.92 Å². The fourth-order valence-electron chi connectivity index (χ4n) is 2.92. The molecule has 1 aliphatic rings. The lowest BCUT2D eigenvalue weighted by Crippen LogP contribution is -2.45. The summed E-state index contributed by atoms with van der Waals surface area (Å²) < 4.78 is 5.93. The molecule has 0 aliphatic heterocycles. The molecule has 0 bridgehead atoms. The summed E-state index contributed by atoms with van der Waals surface area (Å²) in [6.07, 6.45) is 8.21. The molecule has 0 spiro atoms. The van der Waals surface area contributed by atoms with Crippen molar-refractivity contribution in [1.29, 1.82) is 0 Å². The molecule has 5 heteroatoms. The number of benzene rings is 1. The van der Waals surface area contributed by atoms with Gasteiger partial charge < -0.3 is 14.9 Å². The Morgan fingerprint density at radius 3 is 2.73 bits per heavy atom. The third-order valence-corrected chi connectivity index (χ3v) is 4.14. The van der Waals surface area contributed by atoms with E-state index in [1.54, 1.807) is 0 Å². The number of hydrogen-bond acceptors (Lipinski definition) is 4. The third kappa shape index (κ3) is 6.82. The van der Waals surface area contributed by atoms with Gasteiger partial charge in [0, 0.05) is 0 Å². The highest BCUT2D eigenvalue weighted by atomic mass is 16.5. The van der Waals surface area contributed by atoms with Gasteiger partial charge in [0.2, 0.25) is 0 Å². The first-order valence-electron chi connectivity index (χ1n) is 8.23. The molecule has 22 heavy (non-hydrogen) atoms.